The summed E-state index contributed by atoms with van der Waals surface area (Å²) in [5.41, 5.74) is 1.29. The van der Waals surface area contributed by atoms with Crippen molar-refractivity contribution in [1.82, 2.24) is 0 Å². The highest BCUT2D eigenvalue weighted by Gasteiger charge is 2.28. The fourth-order valence-corrected chi connectivity index (χ4v) is 4.53. The number of hydrogen-bond acceptors (Lipinski definition) is 3. The maximum atomic E-state index is 10.5. The molecule has 0 aliphatic carbocycles. The van der Waals surface area contributed by atoms with Crippen LogP contribution in [0.2, 0.25) is 0 Å². The Morgan fingerprint density at radius 3 is 2.45 bits per heavy atom. The molecule has 20 heavy (non-hydrogen) atoms. The van der Waals surface area contributed by atoms with Gasteiger partial charge in [-0.2, -0.15) is 0 Å². The number of halogens is 1. The van der Waals surface area contributed by atoms with E-state index in [1.54, 1.807) is 11.3 Å². The summed E-state index contributed by atoms with van der Waals surface area (Å²) in [6.45, 7) is 2.05. The summed E-state index contributed by atoms with van der Waals surface area (Å²) < 4.78 is 1.04. The fourth-order valence-electron chi connectivity index (χ4n) is 2.84. The molecule has 1 aliphatic heterocycles. The van der Waals surface area contributed by atoms with Gasteiger partial charge in [-0.25, -0.2) is 0 Å². The molecule has 2 nitrogen and oxygen atoms in total. The van der Waals surface area contributed by atoms with Gasteiger partial charge in [-0.3, -0.25) is 0 Å². The number of nitrogens with zero attached hydrogens (tertiary/aromatic N) is 1. The third kappa shape index (κ3) is 2.92. The minimum Gasteiger partial charge on any atom is -0.387 e. The van der Waals surface area contributed by atoms with E-state index in [2.05, 4.69) is 45.1 Å². The molecular formula is C16H18BrNOS. The number of aliphatic hydroxyl groups excluding tert-OH is 1. The molecule has 3 rings (SSSR count). The van der Waals surface area contributed by atoms with Gasteiger partial charge in [0.15, 0.2) is 0 Å². The lowest BCUT2D eigenvalue weighted by Crippen LogP contribution is -2.35. The predicted molar refractivity (Wildman–Crippen MR) is 88.4 cm³/mol. The topological polar surface area (TPSA) is 23.5 Å². The highest BCUT2D eigenvalue weighted by atomic mass is 79.9. The first-order valence-corrected chi connectivity index (χ1v) is 8.64. The van der Waals surface area contributed by atoms with E-state index < -0.39 is 0 Å². The van der Waals surface area contributed by atoms with Gasteiger partial charge in [-0.15, -0.1) is 11.3 Å². The number of para-hydroxylation sites is 1. The van der Waals surface area contributed by atoms with Crippen LogP contribution in [0.3, 0.4) is 0 Å². The van der Waals surface area contributed by atoms with Crippen molar-refractivity contribution >= 4 is 33.0 Å². The van der Waals surface area contributed by atoms with Gasteiger partial charge in [0, 0.05) is 28.1 Å². The third-order valence-corrected chi connectivity index (χ3v) is 5.96. The molecule has 2 heterocycles. The van der Waals surface area contributed by atoms with Crippen LogP contribution < -0.4 is 4.90 Å². The highest BCUT2D eigenvalue weighted by Crippen LogP contribution is 2.38. The van der Waals surface area contributed by atoms with Gasteiger partial charge in [-0.05, 0) is 58.3 Å². The first-order chi connectivity index (χ1) is 9.75. The van der Waals surface area contributed by atoms with Gasteiger partial charge in [0.25, 0.3) is 0 Å². The van der Waals surface area contributed by atoms with E-state index in [1.165, 1.54) is 5.69 Å². The number of thiophene rings is 1. The van der Waals surface area contributed by atoms with Crippen molar-refractivity contribution in [3.63, 3.8) is 0 Å². The lowest BCUT2D eigenvalue weighted by molar-refractivity contribution is 0.0956. The van der Waals surface area contributed by atoms with Gasteiger partial charge in [0.1, 0.15) is 0 Å². The van der Waals surface area contributed by atoms with E-state index in [1.807, 2.05) is 17.5 Å². The third-order valence-electron chi connectivity index (χ3n) is 4.02. The Morgan fingerprint density at radius 1 is 1.15 bits per heavy atom. The molecule has 1 fully saturated rings. The molecule has 1 N–H and O–H groups in total. The average molecular weight is 352 g/mol. The Labute approximate surface area is 132 Å². The summed E-state index contributed by atoms with van der Waals surface area (Å²) in [5.74, 6) is 0.366. The first kappa shape index (κ1) is 14.1. The lowest BCUT2D eigenvalue weighted by Gasteiger charge is -2.35. The van der Waals surface area contributed by atoms with Crippen molar-refractivity contribution in [2.75, 3.05) is 18.0 Å². The summed E-state index contributed by atoms with van der Waals surface area (Å²) in [4.78, 5) is 3.48. The number of piperidine rings is 1. The first-order valence-electron chi connectivity index (χ1n) is 6.96. The summed E-state index contributed by atoms with van der Waals surface area (Å²) in [7, 11) is 0. The van der Waals surface area contributed by atoms with Crippen molar-refractivity contribution in [2.45, 2.75) is 18.9 Å². The van der Waals surface area contributed by atoms with E-state index in [9.17, 15) is 5.11 Å². The van der Waals surface area contributed by atoms with E-state index in [0.717, 1.165) is 35.3 Å². The van der Waals surface area contributed by atoms with Gasteiger partial charge >= 0.3 is 0 Å². The van der Waals surface area contributed by atoms with E-state index >= 15 is 0 Å². The minimum atomic E-state index is -0.331. The van der Waals surface area contributed by atoms with Crippen LogP contribution in [-0.4, -0.2) is 18.2 Å². The van der Waals surface area contributed by atoms with Crippen LogP contribution in [0, 0.1) is 5.92 Å². The number of rotatable bonds is 3. The molecule has 0 spiro atoms. The number of hydrogen-bond donors (Lipinski definition) is 1. The standard InChI is InChI=1S/C16H18BrNOS/c17-14-8-11-20-16(14)15(19)12-6-9-18(10-7-12)13-4-2-1-3-5-13/h1-5,8,11-12,15,19H,6-7,9-10H2. The quantitative estimate of drug-likeness (QED) is 0.882. The maximum absolute atomic E-state index is 10.5. The zero-order valence-corrected chi connectivity index (χ0v) is 13.6. The Kier molecular flexibility index (Phi) is 4.44. The molecule has 106 valence electrons. The molecule has 0 saturated carbocycles. The summed E-state index contributed by atoms with van der Waals surface area (Å²) >= 11 is 5.16. The Balaban J connectivity index is 1.63. The summed E-state index contributed by atoms with van der Waals surface area (Å²) in [6.07, 6.45) is 1.75. The summed E-state index contributed by atoms with van der Waals surface area (Å²) in [6, 6.07) is 12.5. The molecule has 0 radical (unpaired) electrons. The monoisotopic (exact) mass is 351 g/mol. The van der Waals surface area contributed by atoms with E-state index in [-0.39, 0.29) is 6.10 Å². The molecule has 1 aromatic carbocycles. The molecule has 4 heteroatoms. The maximum Gasteiger partial charge on any atom is 0.0922 e. The largest absolute Gasteiger partial charge is 0.387 e. The Morgan fingerprint density at radius 2 is 1.85 bits per heavy atom. The zero-order chi connectivity index (χ0) is 13.9. The normalized spacial score (nSPS) is 18.2. The molecule has 1 unspecified atom stereocenters. The molecule has 1 saturated heterocycles. The van der Waals surface area contributed by atoms with Crippen LogP contribution in [0.4, 0.5) is 5.69 Å². The highest BCUT2D eigenvalue weighted by molar-refractivity contribution is 9.10. The summed E-state index contributed by atoms with van der Waals surface area (Å²) in [5, 5.41) is 12.6. The minimum absolute atomic E-state index is 0.331. The molecule has 0 bridgehead atoms. The smallest absolute Gasteiger partial charge is 0.0922 e. The van der Waals surface area contributed by atoms with Crippen LogP contribution in [0.25, 0.3) is 0 Å². The van der Waals surface area contributed by atoms with Crippen molar-refractivity contribution < 1.29 is 5.11 Å². The van der Waals surface area contributed by atoms with Gasteiger partial charge < -0.3 is 10.0 Å². The second-order valence-corrected chi connectivity index (χ2v) is 7.04. The van der Waals surface area contributed by atoms with Crippen molar-refractivity contribution in [3.05, 3.63) is 51.1 Å². The molecule has 1 atom stereocenters. The van der Waals surface area contributed by atoms with Crippen LogP contribution >= 0.6 is 27.3 Å². The van der Waals surface area contributed by atoms with Gasteiger partial charge in [0.2, 0.25) is 0 Å². The molecule has 1 aliphatic rings. The molecule has 2 aromatic rings. The number of aliphatic hydroxyl groups is 1. The van der Waals surface area contributed by atoms with Crippen molar-refractivity contribution in [1.29, 1.82) is 0 Å². The predicted octanol–water partition coefficient (Wildman–Crippen LogP) is 4.46. The van der Waals surface area contributed by atoms with E-state index in [4.69, 9.17) is 0 Å². The van der Waals surface area contributed by atoms with Gasteiger partial charge in [-0.1, -0.05) is 18.2 Å². The Hall–Kier alpha value is -0.840. The Bertz CT molecular complexity index is 549. The number of anilines is 1. The fraction of sp³-hybridized carbons (Fsp3) is 0.375. The molecule has 1 aromatic heterocycles. The lowest BCUT2D eigenvalue weighted by atomic mass is 9.90. The molecule has 0 amide bonds. The second-order valence-electron chi connectivity index (χ2n) is 5.24. The van der Waals surface area contributed by atoms with Crippen LogP contribution in [0.1, 0.15) is 23.8 Å². The van der Waals surface area contributed by atoms with Crippen LogP contribution in [-0.2, 0) is 0 Å². The van der Waals surface area contributed by atoms with E-state index in [0.29, 0.717) is 5.92 Å². The van der Waals surface area contributed by atoms with Crippen LogP contribution in [0.5, 0.6) is 0 Å². The van der Waals surface area contributed by atoms with Crippen molar-refractivity contribution in [2.24, 2.45) is 5.92 Å². The van der Waals surface area contributed by atoms with Crippen LogP contribution in [0.15, 0.2) is 46.3 Å². The molecular weight excluding hydrogens is 334 g/mol. The average Bonchev–Trinajstić information content (AvgIpc) is 2.94. The zero-order valence-electron chi connectivity index (χ0n) is 11.2. The SMILES string of the molecule is OC(c1sccc1Br)C1CCN(c2ccccc2)CC1. The van der Waals surface area contributed by atoms with Gasteiger partial charge in [0.05, 0.1) is 6.10 Å². The number of benzene rings is 1. The second kappa shape index (κ2) is 6.29. The van der Waals surface area contributed by atoms with Crippen molar-refractivity contribution in [3.8, 4) is 0 Å².